The van der Waals surface area contributed by atoms with Gasteiger partial charge in [-0.15, -0.1) is 0 Å². The zero-order chi connectivity index (χ0) is 19.6. The average molecular weight is 374 g/mol. The summed E-state index contributed by atoms with van der Waals surface area (Å²) in [5, 5.41) is 11.7. The highest BCUT2D eigenvalue weighted by Crippen LogP contribution is 2.35. The summed E-state index contributed by atoms with van der Waals surface area (Å²) >= 11 is 0. The van der Waals surface area contributed by atoms with E-state index in [-0.39, 0.29) is 24.6 Å². The maximum absolute atomic E-state index is 12.5. The number of carbonyl (C=O) groups excluding carboxylic acids is 2. The van der Waals surface area contributed by atoms with E-state index in [1.165, 1.54) is 0 Å². The van der Waals surface area contributed by atoms with Gasteiger partial charge in [-0.2, -0.15) is 0 Å². The number of piperidine rings is 1. The van der Waals surface area contributed by atoms with E-state index in [1.54, 1.807) is 24.3 Å². The summed E-state index contributed by atoms with van der Waals surface area (Å²) < 4.78 is 5.59. The SMILES string of the molecule is CC1CCCC(C)N1C(=O)COc1ccc(C(=O)NC2(C(=O)O)CC2)cc1. The number of benzene rings is 1. The quantitative estimate of drug-likeness (QED) is 0.796. The first-order valence-corrected chi connectivity index (χ1v) is 9.42. The van der Waals surface area contributed by atoms with Crippen molar-refractivity contribution >= 4 is 17.8 Å². The Morgan fingerprint density at radius 3 is 2.26 bits per heavy atom. The number of carbonyl (C=O) groups is 3. The maximum atomic E-state index is 12.5. The highest BCUT2D eigenvalue weighted by Gasteiger charge is 2.51. The standard InChI is InChI=1S/C20H26N2O5/c1-13-4-3-5-14(2)22(13)17(23)12-27-16-8-6-15(7-9-16)18(24)21-20(10-11-20)19(25)26/h6-9,13-14H,3-5,10-12H2,1-2H3,(H,21,24)(H,25,26). The molecule has 27 heavy (non-hydrogen) atoms. The first-order chi connectivity index (χ1) is 12.8. The molecule has 2 N–H and O–H groups in total. The van der Waals surface area contributed by atoms with Gasteiger partial charge in [0, 0.05) is 17.6 Å². The van der Waals surface area contributed by atoms with Crippen molar-refractivity contribution in [1.29, 1.82) is 0 Å². The smallest absolute Gasteiger partial charge is 0.329 e. The fraction of sp³-hybridized carbons (Fsp3) is 0.550. The molecule has 3 rings (SSSR count). The predicted octanol–water partition coefficient (Wildman–Crippen LogP) is 2.20. The zero-order valence-corrected chi connectivity index (χ0v) is 15.7. The van der Waals surface area contributed by atoms with Crippen LogP contribution in [0.5, 0.6) is 5.75 Å². The van der Waals surface area contributed by atoms with Crippen LogP contribution in [-0.4, -0.2) is 52.0 Å². The summed E-state index contributed by atoms with van der Waals surface area (Å²) in [5.74, 6) is -0.964. The Morgan fingerprint density at radius 1 is 1.15 bits per heavy atom. The molecule has 7 nitrogen and oxygen atoms in total. The molecule has 146 valence electrons. The number of carboxylic acids is 1. The third-order valence-electron chi connectivity index (χ3n) is 5.47. The lowest BCUT2D eigenvalue weighted by Crippen LogP contribution is -2.49. The minimum Gasteiger partial charge on any atom is -0.484 e. The van der Waals surface area contributed by atoms with Crippen LogP contribution in [0.25, 0.3) is 0 Å². The van der Waals surface area contributed by atoms with Crippen molar-refractivity contribution < 1.29 is 24.2 Å². The predicted molar refractivity (Wildman–Crippen MR) is 98.6 cm³/mol. The number of nitrogens with zero attached hydrogens (tertiary/aromatic N) is 1. The van der Waals surface area contributed by atoms with Gasteiger partial charge in [0.05, 0.1) is 0 Å². The highest BCUT2D eigenvalue weighted by molar-refractivity contribution is 5.99. The minimum absolute atomic E-state index is 0.0337. The average Bonchev–Trinajstić information content (AvgIpc) is 3.41. The molecule has 1 aliphatic heterocycles. The summed E-state index contributed by atoms with van der Waals surface area (Å²) in [7, 11) is 0. The Hall–Kier alpha value is -2.57. The molecule has 1 saturated carbocycles. The van der Waals surface area contributed by atoms with Gasteiger partial charge in [0.2, 0.25) is 0 Å². The molecule has 1 heterocycles. The van der Waals surface area contributed by atoms with E-state index >= 15 is 0 Å². The molecule has 7 heteroatoms. The van der Waals surface area contributed by atoms with Gasteiger partial charge < -0.3 is 20.1 Å². The number of aliphatic carboxylic acids is 1. The first-order valence-electron chi connectivity index (χ1n) is 9.42. The maximum Gasteiger partial charge on any atom is 0.329 e. The molecule has 2 amide bonds. The minimum atomic E-state index is -1.11. The fourth-order valence-electron chi connectivity index (χ4n) is 3.64. The summed E-state index contributed by atoms with van der Waals surface area (Å²) in [6, 6.07) is 6.81. The van der Waals surface area contributed by atoms with Crippen molar-refractivity contribution in [3.05, 3.63) is 29.8 Å². The van der Waals surface area contributed by atoms with E-state index in [0.29, 0.717) is 24.2 Å². The lowest BCUT2D eigenvalue weighted by Gasteiger charge is -2.38. The molecule has 1 aromatic carbocycles. The fourth-order valence-corrected chi connectivity index (χ4v) is 3.64. The van der Waals surface area contributed by atoms with Crippen LogP contribution in [0.4, 0.5) is 0 Å². The molecule has 2 fully saturated rings. The molecule has 2 unspecified atom stereocenters. The number of nitrogens with one attached hydrogen (secondary N) is 1. The summed E-state index contributed by atoms with van der Waals surface area (Å²) in [6.45, 7) is 4.08. The van der Waals surface area contributed by atoms with Gasteiger partial charge in [-0.05, 0) is 70.2 Å². The number of likely N-dealkylation sites (tertiary alicyclic amines) is 1. The number of rotatable bonds is 6. The zero-order valence-electron chi connectivity index (χ0n) is 15.7. The van der Waals surface area contributed by atoms with Crippen LogP contribution in [0.1, 0.15) is 56.3 Å². The molecular formula is C20H26N2O5. The largest absolute Gasteiger partial charge is 0.484 e. The molecule has 2 atom stereocenters. The number of carboxylic acid groups (broad SMARTS) is 1. The van der Waals surface area contributed by atoms with Crippen molar-refractivity contribution in [2.24, 2.45) is 0 Å². The van der Waals surface area contributed by atoms with Crippen molar-refractivity contribution in [2.45, 2.75) is 63.6 Å². The molecule has 1 saturated heterocycles. The molecule has 0 spiro atoms. The third-order valence-corrected chi connectivity index (χ3v) is 5.47. The number of hydrogen-bond donors (Lipinski definition) is 2. The Balaban J connectivity index is 1.54. The number of amides is 2. The van der Waals surface area contributed by atoms with Crippen molar-refractivity contribution in [2.75, 3.05) is 6.61 Å². The van der Waals surface area contributed by atoms with Crippen LogP contribution >= 0.6 is 0 Å². The van der Waals surface area contributed by atoms with Crippen molar-refractivity contribution in [1.82, 2.24) is 10.2 Å². The lowest BCUT2D eigenvalue weighted by molar-refractivity contribution is -0.140. The lowest BCUT2D eigenvalue weighted by atomic mass is 9.97. The Morgan fingerprint density at radius 2 is 1.74 bits per heavy atom. The topological polar surface area (TPSA) is 95.9 Å². The van der Waals surface area contributed by atoms with Crippen LogP contribution in [0, 0.1) is 0 Å². The second kappa shape index (κ2) is 7.58. The van der Waals surface area contributed by atoms with Crippen LogP contribution in [0.3, 0.4) is 0 Å². The van der Waals surface area contributed by atoms with Gasteiger partial charge >= 0.3 is 5.97 Å². The normalized spacial score (nSPS) is 23.4. The van der Waals surface area contributed by atoms with Crippen LogP contribution in [0.15, 0.2) is 24.3 Å². The Labute approximate surface area is 158 Å². The third kappa shape index (κ3) is 4.23. The molecule has 0 bridgehead atoms. The van der Waals surface area contributed by atoms with E-state index in [9.17, 15) is 14.4 Å². The molecule has 0 radical (unpaired) electrons. The van der Waals surface area contributed by atoms with Gasteiger partial charge in [0.15, 0.2) is 6.61 Å². The molecule has 1 aromatic rings. The van der Waals surface area contributed by atoms with E-state index in [0.717, 1.165) is 19.3 Å². The van der Waals surface area contributed by atoms with E-state index in [2.05, 4.69) is 19.2 Å². The molecular weight excluding hydrogens is 348 g/mol. The van der Waals surface area contributed by atoms with Gasteiger partial charge in [-0.3, -0.25) is 9.59 Å². The second-order valence-electron chi connectivity index (χ2n) is 7.58. The van der Waals surface area contributed by atoms with E-state index in [1.807, 2.05) is 4.90 Å². The summed E-state index contributed by atoms with van der Waals surface area (Å²) in [6.07, 6.45) is 4.06. The van der Waals surface area contributed by atoms with E-state index < -0.39 is 17.4 Å². The van der Waals surface area contributed by atoms with Gasteiger partial charge in [-0.1, -0.05) is 0 Å². The van der Waals surface area contributed by atoms with Gasteiger partial charge in [0.1, 0.15) is 11.3 Å². The second-order valence-corrected chi connectivity index (χ2v) is 7.58. The Bertz CT molecular complexity index is 716. The molecule has 1 aliphatic carbocycles. The summed E-state index contributed by atoms with van der Waals surface area (Å²) in [5.41, 5.74) is -0.750. The number of ether oxygens (including phenoxy) is 1. The van der Waals surface area contributed by atoms with Crippen LogP contribution in [-0.2, 0) is 9.59 Å². The first kappa shape index (κ1) is 19.2. The monoisotopic (exact) mass is 374 g/mol. The number of hydrogen-bond acceptors (Lipinski definition) is 4. The van der Waals surface area contributed by atoms with Gasteiger partial charge in [-0.25, -0.2) is 4.79 Å². The van der Waals surface area contributed by atoms with Crippen LogP contribution in [0.2, 0.25) is 0 Å². The Kier molecular flexibility index (Phi) is 5.39. The molecule has 0 aromatic heterocycles. The van der Waals surface area contributed by atoms with Crippen molar-refractivity contribution in [3.63, 3.8) is 0 Å². The van der Waals surface area contributed by atoms with Crippen LogP contribution < -0.4 is 10.1 Å². The highest BCUT2D eigenvalue weighted by atomic mass is 16.5. The summed E-state index contributed by atoms with van der Waals surface area (Å²) in [4.78, 5) is 37.7. The van der Waals surface area contributed by atoms with Crippen molar-refractivity contribution in [3.8, 4) is 5.75 Å². The molecule has 2 aliphatic rings. The van der Waals surface area contributed by atoms with E-state index in [4.69, 9.17) is 9.84 Å². The van der Waals surface area contributed by atoms with Gasteiger partial charge in [0.25, 0.3) is 11.8 Å².